The van der Waals surface area contributed by atoms with Crippen LogP contribution in [0.15, 0.2) is 24.3 Å². The zero-order chi connectivity index (χ0) is 6.69. The fraction of sp³-hybridized carbons (Fsp3) is 0.143. The Morgan fingerprint density at radius 2 is 1.78 bits per heavy atom. The molecule has 0 spiro atoms. The third-order valence-corrected chi connectivity index (χ3v) is 2.23. The SMILES string of the molecule is COc1cc[c]([Bi])cc1. The molecule has 0 aliphatic carbocycles. The first-order valence-electron chi connectivity index (χ1n) is 2.66. The molecule has 0 atom stereocenters. The Hall–Kier alpha value is -0.0969. The van der Waals surface area contributed by atoms with Crippen molar-refractivity contribution in [2.75, 3.05) is 7.11 Å². The zero-order valence-electron chi connectivity index (χ0n) is 5.16. The molecule has 46 valence electrons. The first-order chi connectivity index (χ1) is 4.33. The number of methoxy groups -OCH3 is 1. The molecule has 0 saturated carbocycles. The van der Waals surface area contributed by atoms with Crippen molar-refractivity contribution in [2.45, 2.75) is 0 Å². The van der Waals surface area contributed by atoms with Crippen molar-refractivity contribution in [3.63, 3.8) is 0 Å². The first-order valence-corrected chi connectivity index (χ1v) is 4.40. The summed E-state index contributed by atoms with van der Waals surface area (Å²) in [6.45, 7) is 0. The Bertz CT molecular complexity index is 181. The molecule has 0 aliphatic heterocycles. The van der Waals surface area contributed by atoms with Crippen LogP contribution in [0.4, 0.5) is 0 Å². The number of benzene rings is 1. The summed E-state index contributed by atoms with van der Waals surface area (Å²) >= 11 is 1.31. The summed E-state index contributed by atoms with van der Waals surface area (Å²) in [5, 5.41) is 0. The zero-order valence-corrected chi connectivity index (χ0v) is 8.64. The van der Waals surface area contributed by atoms with E-state index in [0.717, 1.165) is 5.75 Å². The van der Waals surface area contributed by atoms with Crippen LogP contribution in [0, 0.1) is 0 Å². The van der Waals surface area contributed by atoms with Crippen molar-refractivity contribution in [1.82, 2.24) is 0 Å². The monoisotopic (exact) mass is 316 g/mol. The fourth-order valence-corrected chi connectivity index (χ4v) is 1.16. The molecule has 1 rings (SSSR count). The Morgan fingerprint density at radius 3 is 2.22 bits per heavy atom. The van der Waals surface area contributed by atoms with Gasteiger partial charge in [-0.3, -0.25) is 0 Å². The first kappa shape index (κ1) is 7.02. The van der Waals surface area contributed by atoms with E-state index in [0.29, 0.717) is 0 Å². The molecule has 1 aromatic carbocycles. The van der Waals surface area contributed by atoms with Crippen LogP contribution in [0.3, 0.4) is 0 Å². The molecule has 0 bridgehead atoms. The third-order valence-electron chi connectivity index (χ3n) is 1.07. The second-order valence-corrected chi connectivity index (χ2v) is 3.71. The minimum atomic E-state index is 0.935. The van der Waals surface area contributed by atoms with Gasteiger partial charge in [-0.2, -0.15) is 0 Å². The number of ether oxygens (including phenoxy) is 1. The summed E-state index contributed by atoms with van der Waals surface area (Å²) in [6.07, 6.45) is 0. The van der Waals surface area contributed by atoms with E-state index < -0.39 is 0 Å². The van der Waals surface area contributed by atoms with Gasteiger partial charge in [0.1, 0.15) is 0 Å². The van der Waals surface area contributed by atoms with Crippen LogP contribution in [-0.2, 0) is 0 Å². The maximum atomic E-state index is 4.98. The van der Waals surface area contributed by atoms with Gasteiger partial charge in [-0.15, -0.1) is 0 Å². The van der Waals surface area contributed by atoms with E-state index in [9.17, 15) is 0 Å². The molecule has 2 heteroatoms. The standard InChI is InChI=1S/C7H7O.Bi/c1-8-7-5-3-2-4-6-7;/h3-6H,1H3;. The van der Waals surface area contributed by atoms with Crippen LogP contribution in [0.2, 0.25) is 0 Å². The van der Waals surface area contributed by atoms with E-state index >= 15 is 0 Å². The summed E-state index contributed by atoms with van der Waals surface area (Å²) in [6, 6.07) is 8.11. The summed E-state index contributed by atoms with van der Waals surface area (Å²) in [4.78, 5) is 0. The molecule has 9 heavy (non-hydrogen) atoms. The van der Waals surface area contributed by atoms with Crippen LogP contribution in [0.1, 0.15) is 0 Å². The van der Waals surface area contributed by atoms with E-state index in [1.54, 1.807) is 7.11 Å². The van der Waals surface area contributed by atoms with Gasteiger partial charge in [0.25, 0.3) is 0 Å². The van der Waals surface area contributed by atoms with Crippen molar-refractivity contribution in [3.8, 4) is 5.75 Å². The Labute approximate surface area is 69.9 Å². The van der Waals surface area contributed by atoms with E-state index in [-0.39, 0.29) is 0 Å². The molecule has 0 aromatic heterocycles. The van der Waals surface area contributed by atoms with Crippen molar-refractivity contribution >= 4 is 28.0 Å². The summed E-state index contributed by atoms with van der Waals surface area (Å²) in [7, 11) is 1.68. The Kier molecular flexibility index (Phi) is 2.47. The Morgan fingerprint density at radius 1 is 1.22 bits per heavy atom. The average molecular weight is 316 g/mol. The second kappa shape index (κ2) is 3.17. The van der Waals surface area contributed by atoms with E-state index in [1.807, 2.05) is 12.1 Å². The van der Waals surface area contributed by atoms with E-state index in [4.69, 9.17) is 4.74 Å². The van der Waals surface area contributed by atoms with Crippen LogP contribution in [0.25, 0.3) is 0 Å². The van der Waals surface area contributed by atoms with Crippen molar-refractivity contribution in [1.29, 1.82) is 0 Å². The van der Waals surface area contributed by atoms with Crippen molar-refractivity contribution in [3.05, 3.63) is 24.3 Å². The average Bonchev–Trinajstić information content (AvgIpc) is 1.90. The van der Waals surface area contributed by atoms with E-state index in [2.05, 4.69) is 12.1 Å². The minimum absolute atomic E-state index is 0.935. The molecule has 0 fully saturated rings. The normalized spacial score (nSPS) is 9.11. The topological polar surface area (TPSA) is 9.23 Å². The van der Waals surface area contributed by atoms with Crippen molar-refractivity contribution in [2.24, 2.45) is 0 Å². The van der Waals surface area contributed by atoms with Crippen LogP contribution in [0.5, 0.6) is 5.75 Å². The van der Waals surface area contributed by atoms with Crippen molar-refractivity contribution < 1.29 is 4.74 Å². The third kappa shape index (κ3) is 1.94. The van der Waals surface area contributed by atoms with Crippen LogP contribution >= 0.6 is 0 Å². The summed E-state index contributed by atoms with van der Waals surface area (Å²) < 4.78 is 6.35. The molecule has 1 aromatic rings. The predicted octanol–water partition coefficient (Wildman–Crippen LogP) is 0.489. The van der Waals surface area contributed by atoms with Gasteiger partial charge in [-0.1, -0.05) is 0 Å². The molecular formula is C7H7BiO. The predicted molar refractivity (Wildman–Crippen MR) is 38.4 cm³/mol. The summed E-state index contributed by atoms with van der Waals surface area (Å²) in [5.41, 5.74) is 0. The van der Waals surface area contributed by atoms with Crippen LogP contribution in [-0.4, -0.2) is 31.8 Å². The molecule has 1 nitrogen and oxygen atoms in total. The molecule has 0 N–H and O–H groups in total. The Balaban J connectivity index is 2.88. The van der Waals surface area contributed by atoms with Gasteiger partial charge in [0.05, 0.1) is 0 Å². The van der Waals surface area contributed by atoms with Gasteiger partial charge in [0, 0.05) is 0 Å². The number of hydrogen-bond acceptors (Lipinski definition) is 1. The van der Waals surface area contributed by atoms with Gasteiger partial charge in [0.15, 0.2) is 0 Å². The number of hydrogen-bond donors (Lipinski definition) is 0. The van der Waals surface area contributed by atoms with Gasteiger partial charge >= 0.3 is 69.9 Å². The molecule has 0 aliphatic rings. The van der Waals surface area contributed by atoms with Crippen LogP contribution < -0.4 is 8.01 Å². The second-order valence-electron chi connectivity index (χ2n) is 1.70. The van der Waals surface area contributed by atoms with Gasteiger partial charge in [-0.05, 0) is 0 Å². The molecular weight excluding hydrogens is 309 g/mol. The van der Waals surface area contributed by atoms with Gasteiger partial charge in [-0.25, -0.2) is 0 Å². The fourth-order valence-electron chi connectivity index (χ4n) is 0.582. The molecule has 0 heterocycles. The molecule has 2 radical (unpaired) electrons. The molecule has 0 amide bonds. The maximum absolute atomic E-state index is 4.98. The quantitative estimate of drug-likeness (QED) is 0.685. The summed E-state index contributed by atoms with van der Waals surface area (Å²) in [5.74, 6) is 0.935. The van der Waals surface area contributed by atoms with E-state index in [1.165, 1.54) is 28.0 Å². The molecule has 0 saturated heterocycles. The van der Waals surface area contributed by atoms with Gasteiger partial charge in [0.2, 0.25) is 0 Å². The molecule has 0 unspecified atom stereocenters. The van der Waals surface area contributed by atoms with Gasteiger partial charge < -0.3 is 0 Å². The number of rotatable bonds is 1.